The summed E-state index contributed by atoms with van der Waals surface area (Å²) in [4.78, 5) is 4.83. The van der Waals surface area contributed by atoms with Crippen molar-refractivity contribution in [2.75, 3.05) is 9.80 Å². The minimum absolute atomic E-state index is 0.410. The molecule has 0 saturated heterocycles. The van der Waals surface area contributed by atoms with Gasteiger partial charge in [-0.15, -0.1) is 0 Å². The third-order valence-corrected chi connectivity index (χ3v) is 13.5. The molecule has 0 fully saturated rings. The Balaban J connectivity index is 1.16. The molecule has 0 aliphatic heterocycles. The fourth-order valence-electron chi connectivity index (χ4n) is 10.2. The molecule has 0 bridgehead atoms. The smallest absolute Gasteiger partial charge is 0.159 e. The lowest BCUT2D eigenvalue weighted by molar-refractivity contribution is 0.668. The molecule has 0 spiro atoms. The Hall–Kier alpha value is -7.82. The van der Waals surface area contributed by atoms with Gasteiger partial charge < -0.3 is 18.6 Å². The molecule has 0 radical (unpaired) electrons. The zero-order chi connectivity index (χ0) is 43.9. The summed E-state index contributed by atoms with van der Waals surface area (Å²) in [6.07, 6.45) is 0. The number of anilines is 6. The van der Waals surface area contributed by atoms with Crippen LogP contribution in [0.2, 0.25) is 0 Å². The molecule has 12 rings (SSSR count). The molecule has 2 aromatic heterocycles. The van der Waals surface area contributed by atoms with Crippen molar-refractivity contribution in [2.24, 2.45) is 0 Å². The van der Waals surface area contributed by atoms with E-state index in [-0.39, 0.29) is 0 Å². The predicted octanol–water partition coefficient (Wildman–Crippen LogP) is 18.4. The highest BCUT2D eigenvalue weighted by atomic mass is 16.3. The van der Waals surface area contributed by atoms with E-state index in [1.165, 1.54) is 38.2 Å². The average Bonchev–Trinajstić information content (AvgIpc) is 3.93. The van der Waals surface area contributed by atoms with Gasteiger partial charge in [0.25, 0.3) is 0 Å². The number of hydrogen-bond acceptors (Lipinski definition) is 4. The standard InChI is InChI=1S/C61H48N2O2/c1-37(2)40-26-30-42(31-27-40)62(53-22-14-21-49-48-19-10-12-23-57(48)64-60(49)53)55-35-51-45-16-7-9-18-47(45)56(36-52(51)44-15-6-8-17-46(44)55)63(43-32-28-41(29-33-43)38(3)4)54-34-25-39(5)59-50-20-11-13-24-58(50)65-61(54)59/h6-38H,1-5H3. The van der Waals surface area contributed by atoms with Gasteiger partial charge in [0.15, 0.2) is 11.2 Å². The Bertz CT molecular complexity index is 3800. The molecular formula is C61H48N2O2. The summed E-state index contributed by atoms with van der Waals surface area (Å²) in [6, 6.07) is 68.5. The molecule has 0 saturated carbocycles. The average molecular weight is 841 g/mol. The highest BCUT2D eigenvalue weighted by Gasteiger charge is 2.26. The normalized spacial score (nSPS) is 12.0. The molecule has 4 heteroatoms. The quantitative estimate of drug-likeness (QED) is 0.143. The maximum atomic E-state index is 6.86. The van der Waals surface area contributed by atoms with Gasteiger partial charge in [-0.2, -0.15) is 0 Å². The lowest BCUT2D eigenvalue weighted by Crippen LogP contribution is -2.12. The van der Waals surface area contributed by atoms with Crippen LogP contribution in [0.3, 0.4) is 0 Å². The molecule has 0 atom stereocenters. The van der Waals surface area contributed by atoms with Crippen molar-refractivity contribution in [3.8, 4) is 0 Å². The minimum Gasteiger partial charge on any atom is -0.454 e. The molecule has 0 N–H and O–H groups in total. The van der Waals surface area contributed by atoms with Gasteiger partial charge in [0, 0.05) is 43.7 Å². The molecule has 4 nitrogen and oxygen atoms in total. The summed E-state index contributed by atoms with van der Waals surface area (Å²) in [6.45, 7) is 11.2. The number of nitrogens with zero attached hydrogens (tertiary/aromatic N) is 2. The highest BCUT2D eigenvalue weighted by molar-refractivity contribution is 6.25. The number of furan rings is 2. The van der Waals surface area contributed by atoms with E-state index < -0.39 is 0 Å². The molecule has 2 heterocycles. The van der Waals surface area contributed by atoms with E-state index in [1.807, 2.05) is 6.07 Å². The van der Waals surface area contributed by atoms with Crippen LogP contribution in [0.25, 0.3) is 76.2 Å². The monoisotopic (exact) mass is 840 g/mol. The number of benzene rings is 10. The molecule has 0 aliphatic carbocycles. The van der Waals surface area contributed by atoms with Gasteiger partial charge in [0.1, 0.15) is 11.2 Å². The number of fused-ring (bicyclic) bond motifs is 11. The third kappa shape index (κ3) is 6.19. The van der Waals surface area contributed by atoms with Crippen LogP contribution >= 0.6 is 0 Å². The van der Waals surface area contributed by atoms with Crippen LogP contribution in [0.4, 0.5) is 34.1 Å². The molecule has 12 aromatic rings. The van der Waals surface area contributed by atoms with Crippen LogP contribution in [-0.2, 0) is 0 Å². The lowest BCUT2D eigenvalue weighted by Gasteiger charge is -2.30. The fraction of sp³-hybridized carbons (Fsp3) is 0.115. The summed E-state index contributed by atoms with van der Waals surface area (Å²) in [7, 11) is 0. The van der Waals surface area contributed by atoms with Crippen molar-refractivity contribution < 1.29 is 8.83 Å². The van der Waals surface area contributed by atoms with Crippen LogP contribution < -0.4 is 9.80 Å². The summed E-state index contributed by atoms with van der Waals surface area (Å²) in [5.41, 5.74) is 13.6. The molecule has 0 unspecified atom stereocenters. The molecular weight excluding hydrogens is 793 g/mol. The summed E-state index contributed by atoms with van der Waals surface area (Å²) in [5.74, 6) is 0.821. The molecule has 0 amide bonds. The maximum Gasteiger partial charge on any atom is 0.159 e. The SMILES string of the molecule is Cc1ccc(N(c2ccc(C(C)C)cc2)c2cc3c4ccccc4c(N(c4ccc(C(C)C)cc4)c4cccc5c4oc4ccccc45)cc3c3ccccc23)c2oc3ccccc3c12. The van der Waals surface area contributed by atoms with Gasteiger partial charge in [0.05, 0.1) is 22.7 Å². The molecule has 65 heavy (non-hydrogen) atoms. The van der Waals surface area contributed by atoms with Crippen molar-refractivity contribution in [3.63, 3.8) is 0 Å². The number of para-hydroxylation sites is 3. The first-order valence-corrected chi connectivity index (χ1v) is 22.8. The Morgan fingerprint density at radius 1 is 0.338 bits per heavy atom. The predicted molar refractivity (Wildman–Crippen MR) is 276 cm³/mol. The van der Waals surface area contributed by atoms with E-state index >= 15 is 0 Å². The fourth-order valence-corrected chi connectivity index (χ4v) is 10.2. The Morgan fingerprint density at radius 2 is 0.769 bits per heavy atom. The number of aryl methyl sites for hydroxylation is 1. The van der Waals surface area contributed by atoms with Crippen LogP contribution in [0.5, 0.6) is 0 Å². The Labute approximate surface area is 378 Å². The van der Waals surface area contributed by atoms with Crippen molar-refractivity contribution in [1.29, 1.82) is 0 Å². The van der Waals surface area contributed by atoms with Gasteiger partial charge in [-0.3, -0.25) is 0 Å². The topological polar surface area (TPSA) is 32.8 Å². The van der Waals surface area contributed by atoms with Crippen LogP contribution in [0.1, 0.15) is 56.2 Å². The number of hydrogen-bond donors (Lipinski definition) is 0. The Morgan fingerprint density at radius 3 is 1.31 bits per heavy atom. The second-order valence-corrected chi connectivity index (χ2v) is 18.1. The zero-order valence-electron chi connectivity index (χ0n) is 37.3. The lowest BCUT2D eigenvalue weighted by atomic mass is 9.93. The second kappa shape index (κ2) is 15.2. The van der Waals surface area contributed by atoms with E-state index in [1.54, 1.807) is 0 Å². The van der Waals surface area contributed by atoms with Crippen LogP contribution in [0.15, 0.2) is 197 Å². The number of rotatable bonds is 8. The van der Waals surface area contributed by atoms with E-state index in [0.29, 0.717) is 11.8 Å². The minimum atomic E-state index is 0.410. The Kier molecular flexibility index (Phi) is 9.06. The first kappa shape index (κ1) is 38.8. The first-order chi connectivity index (χ1) is 31.8. The van der Waals surface area contributed by atoms with Crippen LogP contribution in [0, 0.1) is 6.92 Å². The summed E-state index contributed by atoms with van der Waals surface area (Å²) < 4.78 is 13.6. The van der Waals surface area contributed by atoms with E-state index in [4.69, 9.17) is 8.83 Å². The van der Waals surface area contributed by atoms with Crippen molar-refractivity contribution in [1.82, 2.24) is 0 Å². The van der Waals surface area contributed by atoms with Gasteiger partial charge in [-0.25, -0.2) is 0 Å². The highest BCUT2D eigenvalue weighted by Crippen LogP contribution is 2.51. The maximum absolute atomic E-state index is 6.86. The molecule has 314 valence electrons. The van der Waals surface area contributed by atoms with Crippen LogP contribution in [-0.4, -0.2) is 0 Å². The summed E-state index contributed by atoms with van der Waals surface area (Å²) in [5, 5.41) is 11.4. The van der Waals surface area contributed by atoms with Crippen molar-refractivity contribution in [2.45, 2.75) is 46.5 Å². The van der Waals surface area contributed by atoms with E-state index in [2.05, 4.69) is 226 Å². The first-order valence-electron chi connectivity index (χ1n) is 22.8. The van der Waals surface area contributed by atoms with E-state index in [0.717, 1.165) is 88.8 Å². The van der Waals surface area contributed by atoms with Gasteiger partial charge in [0.2, 0.25) is 0 Å². The summed E-state index contributed by atoms with van der Waals surface area (Å²) >= 11 is 0. The second-order valence-electron chi connectivity index (χ2n) is 18.1. The molecule has 0 aliphatic rings. The van der Waals surface area contributed by atoms with Gasteiger partial charge in [-0.1, -0.05) is 155 Å². The van der Waals surface area contributed by atoms with Crippen molar-refractivity contribution in [3.05, 3.63) is 205 Å². The van der Waals surface area contributed by atoms with Gasteiger partial charge >= 0.3 is 0 Å². The molecule has 10 aromatic carbocycles. The zero-order valence-corrected chi connectivity index (χ0v) is 37.3. The third-order valence-electron chi connectivity index (χ3n) is 13.5. The van der Waals surface area contributed by atoms with Gasteiger partial charge in [-0.05, 0) is 118 Å². The largest absolute Gasteiger partial charge is 0.454 e. The van der Waals surface area contributed by atoms with E-state index in [9.17, 15) is 0 Å². The van der Waals surface area contributed by atoms with Crippen molar-refractivity contribution >= 4 is 110 Å².